The highest BCUT2D eigenvalue weighted by atomic mass is 16.5. The van der Waals surface area contributed by atoms with Gasteiger partial charge in [-0.05, 0) is 19.4 Å². The second-order valence-electron chi connectivity index (χ2n) is 5.82. The quantitative estimate of drug-likeness (QED) is 0.889. The van der Waals surface area contributed by atoms with Crippen LogP contribution in [-0.4, -0.2) is 55.2 Å². The zero-order valence-electron chi connectivity index (χ0n) is 12.3. The predicted octanol–water partition coefficient (Wildman–Crippen LogP) is 0.953. The molecule has 0 amide bonds. The fraction of sp³-hybridized carbons (Fsp3) is 0.733. The monoisotopic (exact) mass is 279 g/mol. The molecule has 0 saturated carbocycles. The minimum atomic E-state index is 0.561. The van der Waals surface area contributed by atoms with Gasteiger partial charge in [0.25, 0.3) is 0 Å². The lowest BCUT2D eigenvalue weighted by Crippen LogP contribution is -2.44. The second-order valence-corrected chi connectivity index (χ2v) is 5.82. The summed E-state index contributed by atoms with van der Waals surface area (Å²) in [6, 6.07) is 2.79. The number of nitrogens with two attached hydrogens (primary N) is 1. The van der Waals surface area contributed by atoms with Gasteiger partial charge in [0, 0.05) is 44.3 Å². The number of rotatable bonds is 4. The molecule has 1 aromatic rings. The first-order valence-corrected chi connectivity index (χ1v) is 7.58. The smallest absolute Gasteiger partial charge is 0.118 e. The van der Waals surface area contributed by atoms with Gasteiger partial charge in [-0.2, -0.15) is 0 Å². The van der Waals surface area contributed by atoms with Crippen LogP contribution in [0.1, 0.15) is 23.5 Å². The maximum absolute atomic E-state index is 5.79. The molecule has 112 valence electrons. The number of ether oxygens (including phenoxy) is 1. The first-order valence-electron chi connectivity index (χ1n) is 7.58. The van der Waals surface area contributed by atoms with E-state index in [-0.39, 0.29) is 0 Å². The second kappa shape index (κ2) is 6.26. The van der Waals surface area contributed by atoms with E-state index in [2.05, 4.69) is 15.9 Å². The molecule has 3 rings (SSSR count). The molecule has 5 heteroatoms. The third kappa shape index (κ3) is 3.06. The molecule has 2 N–H and O–H groups in total. The summed E-state index contributed by atoms with van der Waals surface area (Å²) in [4.78, 5) is 5.06. The van der Waals surface area contributed by atoms with Crippen LogP contribution in [-0.2, 0) is 17.8 Å². The molecule has 1 atom stereocenters. The lowest BCUT2D eigenvalue weighted by molar-refractivity contribution is 0.0182. The van der Waals surface area contributed by atoms with Crippen molar-refractivity contribution in [3.8, 4) is 0 Å². The summed E-state index contributed by atoms with van der Waals surface area (Å²) in [5, 5.41) is 0. The van der Waals surface area contributed by atoms with Gasteiger partial charge >= 0.3 is 0 Å². The van der Waals surface area contributed by atoms with Gasteiger partial charge in [0.05, 0.1) is 19.8 Å². The van der Waals surface area contributed by atoms with E-state index in [1.54, 1.807) is 0 Å². The average molecular weight is 279 g/mol. The van der Waals surface area contributed by atoms with Crippen LogP contribution in [0.2, 0.25) is 0 Å². The lowest BCUT2D eigenvalue weighted by atomic mass is 10.2. The highest BCUT2D eigenvalue weighted by Gasteiger charge is 2.29. The number of likely N-dealkylation sites (tertiary alicyclic amines) is 1. The van der Waals surface area contributed by atoms with E-state index >= 15 is 0 Å². The zero-order chi connectivity index (χ0) is 13.9. The molecule has 0 spiro atoms. The van der Waals surface area contributed by atoms with Crippen molar-refractivity contribution in [2.75, 3.05) is 39.4 Å². The molecule has 2 aliphatic rings. The highest BCUT2D eigenvalue weighted by molar-refractivity contribution is 5.20. The van der Waals surface area contributed by atoms with Crippen LogP contribution in [0.5, 0.6) is 0 Å². The number of nitrogens with zero attached hydrogens (tertiary/aromatic N) is 2. The van der Waals surface area contributed by atoms with Gasteiger partial charge in [0.2, 0.25) is 0 Å². The van der Waals surface area contributed by atoms with Crippen molar-refractivity contribution in [3.63, 3.8) is 0 Å². The summed E-state index contributed by atoms with van der Waals surface area (Å²) >= 11 is 0. The molecule has 5 nitrogen and oxygen atoms in total. The predicted molar refractivity (Wildman–Crippen MR) is 77.4 cm³/mol. The number of hydrogen-bond acceptors (Lipinski definition) is 5. The molecule has 2 fully saturated rings. The molecular weight excluding hydrogens is 254 g/mol. The van der Waals surface area contributed by atoms with E-state index in [0.29, 0.717) is 12.6 Å². The first kappa shape index (κ1) is 14.1. The van der Waals surface area contributed by atoms with E-state index in [0.717, 1.165) is 63.0 Å². The van der Waals surface area contributed by atoms with Crippen LogP contribution >= 0.6 is 0 Å². The van der Waals surface area contributed by atoms with Gasteiger partial charge in [-0.15, -0.1) is 0 Å². The van der Waals surface area contributed by atoms with Crippen LogP contribution in [0.15, 0.2) is 10.5 Å². The molecule has 3 heterocycles. The third-order valence-corrected chi connectivity index (χ3v) is 4.48. The average Bonchev–Trinajstić information content (AvgIpc) is 3.07. The summed E-state index contributed by atoms with van der Waals surface area (Å²) < 4.78 is 11.2. The molecule has 2 saturated heterocycles. The molecular formula is C15H25N3O2. The van der Waals surface area contributed by atoms with Gasteiger partial charge in [0.15, 0.2) is 0 Å². The number of aryl methyl sites for hydroxylation is 1. The first-order chi connectivity index (χ1) is 9.76. The maximum atomic E-state index is 5.79. The Morgan fingerprint density at radius 2 is 2.10 bits per heavy atom. The number of furan rings is 1. The lowest BCUT2D eigenvalue weighted by Gasteiger charge is -2.32. The molecule has 0 aromatic carbocycles. The Morgan fingerprint density at radius 1 is 1.30 bits per heavy atom. The normalized spacial score (nSPS) is 25.4. The van der Waals surface area contributed by atoms with Gasteiger partial charge in [-0.25, -0.2) is 0 Å². The largest absolute Gasteiger partial charge is 0.465 e. The number of hydrogen-bond donors (Lipinski definition) is 1. The van der Waals surface area contributed by atoms with Crippen molar-refractivity contribution in [1.82, 2.24) is 9.80 Å². The van der Waals surface area contributed by atoms with Crippen molar-refractivity contribution in [1.29, 1.82) is 0 Å². The van der Waals surface area contributed by atoms with Crippen molar-refractivity contribution < 1.29 is 9.15 Å². The summed E-state index contributed by atoms with van der Waals surface area (Å²) in [5.74, 6) is 2.01. The van der Waals surface area contributed by atoms with Gasteiger partial charge in [-0.1, -0.05) is 0 Å². The Hall–Kier alpha value is -0.880. The minimum absolute atomic E-state index is 0.561. The van der Waals surface area contributed by atoms with Crippen LogP contribution < -0.4 is 5.73 Å². The zero-order valence-corrected chi connectivity index (χ0v) is 12.3. The SMILES string of the molecule is Cc1oc(CN2CCC(N3CCOCC3)C2)cc1CN. The van der Waals surface area contributed by atoms with Gasteiger partial charge in [-0.3, -0.25) is 9.80 Å². The standard InChI is InChI=1S/C15H25N3O2/c1-12-13(9-16)8-15(20-12)11-17-3-2-14(10-17)18-4-6-19-7-5-18/h8,14H,2-7,9-11,16H2,1H3. The van der Waals surface area contributed by atoms with E-state index in [4.69, 9.17) is 14.9 Å². The number of morpholine rings is 1. The van der Waals surface area contributed by atoms with Crippen LogP contribution in [0.4, 0.5) is 0 Å². The maximum Gasteiger partial charge on any atom is 0.118 e. The van der Waals surface area contributed by atoms with Crippen molar-refractivity contribution in [2.45, 2.75) is 32.5 Å². The minimum Gasteiger partial charge on any atom is -0.465 e. The summed E-state index contributed by atoms with van der Waals surface area (Å²) in [6.07, 6.45) is 1.25. The Kier molecular flexibility index (Phi) is 4.41. The molecule has 0 radical (unpaired) electrons. The van der Waals surface area contributed by atoms with E-state index in [1.165, 1.54) is 6.42 Å². The molecule has 0 bridgehead atoms. The summed E-state index contributed by atoms with van der Waals surface area (Å²) in [5.41, 5.74) is 6.83. The molecule has 0 aliphatic carbocycles. The van der Waals surface area contributed by atoms with E-state index < -0.39 is 0 Å². The van der Waals surface area contributed by atoms with Crippen molar-refractivity contribution >= 4 is 0 Å². The van der Waals surface area contributed by atoms with Gasteiger partial charge in [0.1, 0.15) is 11.5 Å². The highest BCUT2D eigenvalue weighted by Crippen LogP contribution is 2.21. The van der Waals surface area contributed by atoms with Crippen LogP contribution in [0, 0.1) is 6.92 Å². The summed E-state index contributed by atoms with van der Waals surface area (Å²) in [7, 11) is 0. The van der Waals surface area contributed by atoms with Crippen molar-refractivity contribution in [2.24, 2.45) is 5.73 Å². The van der Waals surface area contributed by atoms with Crippen molar-refractivity contribution in [3.05, 3.63) is 23.2 Å². The van der Waals surface area contributed by atoms with E-state index in [1.807, 2.05) is 6.92 Å². The van der Waals surface area contributed by atoms with E-state index in [9.17, 15) is 0 Å². The molecule has 2 aliphatic heterocycles. The van der Waals surface area contributed by atoms with Crippen LogP contribution in [0.3, 0.4) is 0 Å². The summed E-state index contributed by atoms with van der Waals surface area (Å²) in [6.45, 7) is 9.67. The third-order valence-electron chi connectivity index (χ3n) is 4.48. The molecule has 1 unspecified atom stereocenters. The Morgan fingerprint density at radius 3 is 2.80 bits per heavy atom. The van der Waals surface area contributed by atoms with Gasteiger partial charge < -0.3 is 14.9 Å². The fourth-order valence-electron chi connectivity index (χ4n) is 3.29. The molecule has 20 heavy (non-hydrogen) atoms. The Labute approximate surface area is 120 Å². The Bertz CT molecular complexity index is 440. The fourth-order valence-corrected chi connectivity index (χ4v) is 3.29. The topological polar surface area (TPSA) is 54.9 Å². The van der Waals surface area contributed by atoms with Crippen LogP contribution in [0.25, 0.3) is 0 Å². The Balaban J connectivity index is 1.54. The molecule has 1 aromatic heterocycles.